The van der Waals surface area contributed by atoms with Gasteiger partial charge < -0.3 is 14.6 Å². The Kier molecular flexibility index (Phi) is 3.43. The molecule has 0 bridgehead atoms. The van der Waals surface area contributed by atoms with E-state index in [9.17, 15) is 4.79 Å². The monoisotopic (exact) mass is 316 g/mol. The number of nitrogens with zero attached hydrogens (tertiary/aromatic N) is 1. The molecule has 0 saturated carbocycles. The maximum atomic E-state index is 12.5. The Morgan fingerprint density at radius 2 is 1.88 bits per heavy atom. The highest BCUT2D eigenvalue weighted by molar-refractivity contribution is 6.35. The number of hydrogen-bond acceptors (Lipinski definition) is 2. The van der Waals surface area contributed by atoms with Crippen molar-refractivity contribution in [1.82, 2.24) is 4.57 Å². The molecular formula is C20H16N2O2. The van der Waals surface area contributed by atoms with E-state index in [4.69, 9.17) is 4.74 Å². The van der Waals surface area contributed by atoms with Crippen molar-refractivity contribution in [2.45, 2.75) is 0 Å². The Hall–Kier alpha value is -3.27. The summed E-state index contributed by atoms with van der Waals surface area (Å²) in [6.45, 7) is 0. The standard InChI is InChI=1S/C20H16N2O2/c1-24-15-10-11-22(12-15)13-17-19-16(14-6-3-2-4-7-14)8-5-9-18(19)21-20(17)23/h2-13H,1H3,(H,21,23). The number of hydrogen-bond donors (Lipinski definition) is 1. The third kappa shape index (κ3) is 2.38. The molecule has 1 N–H and O–H groups in total. The first kappa shape index (κ1) is 14.3. The van der Waals surface area contributed by atoms with Gasteiger partial charge in [-0.25, -0.2) is 0 Å². The van der Waals surface area contributed by atoms with Crippen LogP contribution in [0.15, 0.2) is 67.0 Å². The first-order chi connectivity index (χ1) is 11.8. The minimum Gasteiger partial charge on any atom is -0.495 e. The summed E-state index contributed by atoms with van der Waals surface area (Å²) in [4.78, 5) is 12.5. The van der Waals surface area contributed by atoms with Gasteiger partial charge in [-0.05, 0) is 23.3 Å². The van der Waals surface area contributed by atoms with Crippen LogP contribution in [0.4, 0.5) is 5.69 Å². The van der Waals surface area contributed by atoms with Crippen molar-refractivity contribution in [1.29, 1.82) is 0 Å². The van der Waals surface area contributed by atoms with Crippen LogP contribution in [0, 0.1) is 0 Å². The van der Waals surface area contributed by atoms with Crippen LogP contribution in [0.5, 0.6) is 5.75 Å². The number of fused-ring (bicyclic) bond motifs is 1. The highest BCUT2D eigenvalue weighted by atomic mass is 16.5. The Morgan fingerprint density at radius 3 is 2.62 bits per heavy atom. The molecule has 0 atom stereocenters. The first-order valence-electron chi connectivity index (χ1n) is 7.70. The number of benzene rings is 2. The molecule has 0 fully saturated rings. The van der Waals surface area contributed by atoms with E-state index in [1.54, 1.807) is 7.11 Å². The third-order valence-corrected chi connectivity index (χ3v) is 4.11. The van der Waals surface area contributed by atoms with E-state index in [0.717, 1.165) is 28.1 Å². The topological polar surface area (TPSA) is 43.3 Å². The fraction of sp³-hybridized carbons (Fsp3) is 0.0500. The van der Waals surface area contributed by atoms with Gasteiger partial charge in [-0.1, -0.05) is 42.5 Å². The molecule has 2 heterocycles. The van der Waals surface area contributed by atoms with Gasteiger partial charge in [0.15, 0.2) is 0 Å². The summed E-state index contributed by atoms with van der Waals surface area (Å²) in [5.41, 5.74) is 4.54. The molecule has 2 aromatic carbocycles. The average molecular weight is 316 g/mol. The average Bonchev–Trinajstić information content (AvgIpc) is 3.20. The highest BCUT2D eigenvalue weighted by Crippen LogP contribution is 2.39. The van der Waals surface area contributed by atoms with Gasteiger partial charge in [0.1, 0.15) is 5.75 Å². The molecule has 0 spiro atoms. The number of nitrogens with one attached hydrogen (secondary N) is 1. The lowest BCUT2D eigenvalue weighted by atomic mass is 9.95. The Bertz CT molecular complexity index is 939. The zero-order chi connectivity index (χ0) is 16.5. The summed E-state index contributed by atoms with van der Waals surface area (Å²) in [5, 5.41) is 2.95. The van der Waals surface area contributed by atoms with Crippen LogP contribution in [-0.2, 0) is 4.79 Å². The second-order valence-electron chi connectivity index (χ2n) is 5.59. The van der Waals surface area contributed by atoms with Crippen molar-refractivity contribution in [3.63, 3.8) is 0 Å². The van der Waals surface area contributed by atoms with Gasteiger partial charge in [0.2, 0.25) is 0 Å². The van der Waals surface area contributed by atoms with Crippen LogP contribution in [0.1, 0.15) is 5.56 Å². The Balaban J connectivity index is 1.87. The lowest BCUT2D eigenvalue weighted by molar-refractivity contribution is -0.110. The van der Waals surface area contributed by atoms with Gasteiger partial charge in [0, 0.05) is 23.6 Å². The van der Waals surface area contributed by atoms with Crippen molar-refractivity contribution in [2.24, 2.45) is 0 Å². The number of methoxy groups -OCH3 is 1. The molecular weight excluding hydrogens is 300 g/mol. The molecule has 4 rings (SSSR count). The van der Waals surface area contributed by atoms with Crippen molar-refractivity contribution in [2.75, 3.05) is 12.4 Å². The lowest BCUT2D eigenvalue weighted by Gasteiger charge is -2.08. The van der Waals surface area contributed by atoms with Gasteiger partial charge in [0.25, 0.3) is 5.91 Å². The van der Waals surface area contributed by atoms with Gasteiger partial charge in [0.05, 0.1) is 18.9 Å². The Morgan fingerprint density at radius 1 is 1.04 bits per heavy atom. The molecule has 1 aromatic heterocycles. The quantitative estimate of drug-likeness (QED) is 0.739. The molecule has 24 heavy (non-hydrogen) atoms. The van der Waals surface area contributed by atoms with E-state index >= 15 is 0 Å². The third-order valence-electron chi connectivity index (χ3n) is 4.11. The van der Waals surface area contributed by atoms with E-state index in [-0.39, 0.29) is 5.91 Å². The minimum atomic E-state index is -0.0963. The van der Waals surface area contributed by atoms with Crippen LogP contribution >= 0.6 is 0 Å². The van der Waals surface area contributed by atoms with Crippen molar-refractivity contribution < 1.29 is 9.53 Å². The number of carbonyl (C=O) groups excluding carboxylic acids is 1. The zero-order valence-corrected chi connectivity index (χ0v) is 13.2. The summed E-state index contributed by atoms with van der Waals surface area (Å²) in [5.74, 6) is 0.655. The maximum Gasteiger partial charge on any atom is 0.257 e. The van der Waals surface area contributed by atoms with E-state index in [2.05, 4.69) is 17.4 Å². The molecule has 1 amide bonds. The maximum absolute atomic E-state index is 12.5. The van der Waals surface area contributed by atoms with E-state index in [1.807, 2.05) is 65.6 Å². The van der Waals surface area contributed by atoms with Crippen molar-refractivity contribution in [3.05, 3.63) is 72.6 Å². The normalized spacial score (nSPS) is 14.5. The van der Waals surface area contributed by atoms with Crippen molar-refractivity contribution >= 4 is 23.4 Å². The van der Waals surface area contributed by atoms with Gasteiger partial charge in [-0.15, -0.1) is 0 Å². The molecule has 4 heteroatoms. The fourth-order valence-electron chi connectivity index (χ4n) is 2.97. The van der Waals surface area contributed by atoms with Crippen LogP contribution in [0.2, 0.25) is 0 Å². The molecule has 0 aliphatic carbocycles. The molecule has 118 valence electrons. The summed E-state index contributed by atoms with van der Waals surface area (Å²) in [7, 11) is 1.62. The predicted molar refractivity (Wildman–Crippen MR) is 95.7 cm³/mol. The highest BCUT2D eigenvalue weighted by Gasteiger charge is 2.27. The second kappa shape index (κ2) is 5.74. The van der Waals surface area contributed by atoms with E-state index < -0.39 is 0 Å². The largest absolute Gasteiger partial charge is 0.495 e. The lowest BCUT2D eigenvalue weighted by Crippen LogP contribution is -2.04. The number of ether oxygens (including phenoxy) is 1. The van der Waals surface area contributed by atoms with Gasteiger partial charge >= 0.3 is 0 Å². The molecule has 1 aliphatic heterocycles. The second-order valence-corrected chi connectivity index (χ2v) is 5.59. The smallest absolute Gasteiger partial charge is 0.257 e. The predicted octanol–water partition coefficient (Wildman–Crippen LogP) is 4.11. The van der Waals surface area contributed by atoms with Gasteiger partial charge in [-0.3, -0.25) is 4.79 Å². The van der Waals surface area contributed by atoms with Crippen LogP contribution in [0.3, 0.4) is 0 Å². The number of aromatic nitrogens is 1. The molecule has 3 aromatic rings. The zero-order valence-electron chi connectivity index (χ0n) is 13.2. The van der Waals surface area contributed by atoms with Crippen LogP contribution in [-0.4, -0.2) is 17.6 Å². The van der Waals surface area contributed by atoms with Crippen LogP contribution in [0.25, 0.3) is 22.9 Å². The number of carbonyl (C=O) groups is 1. The number of rotatable bonds is 3. The summed E-state index contributed by atoms with van der Waals surface area (Å²) in [6.07, 6.45) is 5.53. The summed E-state index contributed by atoms with van der Waals surface area (Å²) < 4.78 is 7.04. The molecule has 0 saturated heterocycles. The fourth-order valence-corrected chi connectivity index (χ4v) is 2.97. The number of amides is 1. The van der Waals surface area contributed by atoms with Crippen molar-refractivity contribution in [3.8, 4) is 16.9 Å². The molecule has 0 radical (unpaired) electrons. The molecule has 4 nitrogen and oxygen atoms in total. The minimum absolute atomic E-state index is 0.0963. The van der Waals surface area contributed by atoms with Crippen LogP contribution < -0.4 is 10.1 Å². The molecule has 0 unspecified atom stereocenters. The first-order valence-corrected chi connectivity index (χ1v) is 7.70. The molecule has 1 aliphatic rings. The SMILES string of the molecule is COc1ccn(C=C2C(=O)Nc3cccc(-c4ccccc4)c32)c1. The van der Waals surface area contributed by atoms with E-state index in [1.165, 1.54) is 0 Å². The van der Waals surface area contributed by atoms with Gasteiger partial charge in [-0.2, -0.15) is 0 Å². The summed E-state index contributed by atoms with van der Waals surface area (Å²) >= 11 is 0. The number of anilines is 1. The Labute approximate surface area is 140 Å². The van der Waals surface area contributed by atoms with E-state index in [0.29, 0.717) is 5.57 Å². The summed E-state index contributed by atoms with van der Waals surface area (Å²) in [6, 6.07) is 17.9.